The van der Waals surface area contributed by atoms with E-state index in [1.165, 1.54) is 7.11 Å². The van der Waals surface area contributed by atoms with Gasteiger partial charge >= 0.3 is 41.7 Å². The van der Waals surface area contributed by atoms with Crippen molar-refractivity contribution >= 4 is 13.6 Å². The van der Waals surface area contributed by atoms with Crippen LogP contribution in [0.25, 0.3) is 0 Å². The third kappa shape index (κ3) is 16.5. The van der Waals surface area contributed by atoms with Gasteiger partial charge in [-0.2, -0.15) is 13.2 Å². The van der Waals surface area contributed by atoms with Crippen LogP contribution in [-0.4, -0.2) is 32.0 Å². The summed E-state index contributed by atoms with van der Waals surface area (Å²) >= 11 is 0. The fraction of sp³-hybridized carbons (Fsp3) is 0.667. The summed E-state index contributed by atoms with van der Waals surface area (Å²) in [4.78, 5) is 13.1. The molecule has 0 radical (unpaired) electrons. The third-order valence-corrected chi connectivity index (χ3v) is 0.425. The molecule has 0 rings (SSSR count). The van der Waals surface area contributed by atoms with E-state index >= 15 is 0 Å². The molecule has 0 fully saturated rings. The first-order valence-corrected chi connectivity index (χ1v) is 2.28. The molecule has 1 N–H and O–H groups in total. The molecule has 0 saturated carbocycles. The Morgan fingerprint density at radius 2 is 1.75 bits per heavy atom. The van der Waals surface area contributed by atoms with Crippen LogP contribution >= 0.6 is 0 Å². The predicted octanol–water partition coefficient (Wildman–Crippen LogP) is -3.00. The van der Waals surface area contributed by atoms with E-state index in [1.54, 1.807) is 7.64 Å². The molecule has 0 saturated heterocycles. The number of aliphatic carboxylic acids is 1. The van der Waals surface area contributed by atoms with Crippen molar-refractivity contribution in [2.45, 2.75) is 6.18 Å². The molecule has 0 aromatic heterocycles. The van der Waals surface area contributed by atoms with Crippen molar-refractivity contribution in [3.63, 3.8) is 0 Å². The second-order valence-electron chi connectivity index (χ2n) is 1.17. The monoisotopic (exact) mass is 195 g/mol. The number of nitrogens with zero attached hydrogens (tertiary/aromatic N) is 1. The summed E-state index contributed by atoms with van der Waals surface area (Å²) in [5.74, 6) is -2.76. The summed E-state index contributed by atoms with van der Waals surface area (Å²) in [6.07, 6.45) is -5.08. The fourth-order valence-electron chi connectivity index (χ4n) is 0. The summed E-state index contributed by atoms with van der Waals surface area (Å²) in [6.45, 7) is 0. The van der Waals surface area contributed by atoms with Crippen LogP contribution in [0.4, 0.5) is 13.2 Å². The van der Waals surface area contributed by atoms with E-state index in [-0.39, 0.29) is 29.6 Å². The number of rotatable bonds is 1. The van der Waals surface area contributed by atoms with Crippen molar-refractivity contribution in [3.8, 4) is 0 Å². The summed E-state index contributed by atoms with van der Waals surface area (Å²) in [6, 6.07) is 0. The van der Waals surface area contributed by atoms with Crippen LogP contribution in [0.1, 0.15) is 0 Å². The van der Waals surface area contributed by atoms with Gasteiger partial charge in [0.1, 0.15) is 7.11 Å². The van der Waals surface area contributed by atoms with Crippen molar-refractivity contribution in [3.05, 3.63) is 0 Å². The van der Waals surface area contributed by atoms with Crippen LogP contribution in [0, 0.1) is 0 Å². The zero-order chi connectivity index (χ0) is 9.49. The number of hydrogen-bond acceptors (Lipinski definition) is 3. The second kappa shape index (κ2) is 9.02. The number of carboxylic acid groups (broad SMARTS) is 1. The van der Waals surface area contributed by atoms with Gasteiger partial charge in [-0.3, -0.25) is 0 Å². The van der Waals surface area contributed by atoms with E-state index in [4.69, 9.17) is 9.90 Å². The summed E-state index contributed by atoms with van der Waals surface area (Å²) < 4.78 is 31.7. The van der Waals surface area contributed by atoms with Gasteiger partial charge in [0.05, 0.1) is 0 Å². The van der Waals surface area contributed by atoms with Crippen LogP contribution < -0.4 is 29.6 Å². The first-order chi connectivity index (χ1) is 4.86. The van der Waals surface area contributed by atoms with Gasteiger partial charge in [-0.15, -0.1) is 0 Å². The van der Waals surface area contributed by atoms with E-state index in [9.17, 15) is 13.2 Å². The molecule has 9 heteroatoms. The maximum atomic E-state index is 10.6. The molecule has 0 aromatic rings. The van der Waals surface area contributed by atoms with Gasteiger partial charge in [0.15, 0.2) is 0 Å². The molecule has 0 spiro atoms. The Morgan fingerprint density at radius 3 is 1.75 bits per heavy atom. The van der Waals surface area contributed by atoms with Gasteiger partial charge in [-0.25, -0.2) is 4.79 Å². The van der Waals surface area contributed by atoms with Gasteiger partial charge in [0.25, 0.3) is 0 Å². The van der Waals surface area contributed by atoms with Gasteiger partial charge in [-0.05, 0) is 7.64 Å². The maximum Gasteiger partial charge on any atom is 1.00 e. The van der Waals surface area contributed by atoms with E-state index in [0.29, 0.717) is 0 Å². The van der Waals surface area contributed by atoms with E-state index in [2.05, 4.69) is 9.90 Å². The molecule has 0 aliphatic rings. The minimum absolute atomic E-state index is 0. The quantitative estimate of drug-likeness (QED) is 0.358. The minimum atomic E-state index is -5.08. The molecule has 0 amide bonds. The molecule has 0 aliphatic carbocycles. The molecule has 0 aliphatic heterocycles. The molecule has 0 heterocycles. The Balaban J connectivity index is -0.000000142. The molecule has 66 valence electrons. The summed E-state index contributed by atoms with van der Waals surface area (Å²) in [5, 5.41) is 10.4. The third-order valence-electron chi connectivity index (χ3n) is 0.425. The molecule has 0 atom stereocenters. The maximum absolute atomic E-state index is 10.6. The van der Waals surface area contributed by atoms with Crippen LogP contribution in [0.15, 0.2) is 5.06 Å². The van der Waals surface area contributed by atoms with E-state index in [1.807, 2.05) is 0 Å². The van der Waals surface area contributed by atoms with Gasteiger partial charge in [0.2, 0.25) is 0 Å². The average molecular weight is 195 g/mol. The van der Waals surface area contributed by atoms with Crippen molar-refractivity contribution in [2.75, 3.05) is 7.11 Å². The normalized spacial score (nSPS) is 8.33. The van der Waals surface area contributed by atoms with Crippen molar-refractivity contribution in [1.29, 1.82) is 0 Å². The average Bonchev–Trinajstić information content (AvgIpc) is 1.87. The number of halogens is 3. The number of alkyl halides is 3. The number of hydrogen-bond donors (Lipinski definition) is 1. The predicted molar refractivity (Wildman–Crippen MR) is 31.7 cm³/mol. The molecule has 12 heavy (non-hydrogen) atoms. The Labute approximate surface area is 89.5 Å². The van der Waals surface area contributed by atoms with Crippen LogP contribution in [0.3, 0.4) is 0 Å². The zero-order valence-corrected chi connectivity index (χ0v) is 8.84. The molecule has 0 aromatic carbocycles. The van der Waals surface area contributed by atoms with Crippen molar-refractivity contribution < 1.29 is 57.5 Å². The second-order valence-corrected chi connectivity index (χ2v) is 1.17. The standard InChI is InChI=1S/C2HF3O2.CH5BNO.Na/c3-2(4,5)1(6)7;1-4-3-2;/h(H,6,7);2H2,1H3;/q;-1;+1. The number of carboxylic acids is 1. The van der Waals surface area contributed by atoms with E-state index in [0.717, 1.165) is 0 Å². The Hall–Kier alpha value is -0.0751. The molecular formula is C3H6BF3NNaO3. The first kappa shape index (κ1) is 17.9. The zero-order valence-electron chi connectivity index (χ0n) is 6.84. The molecule has 4 nitrogen and oxygen atoms in total. The smallest absolute Gasteiger partial charge is 0.475 e. The largest absolute Gasteiger partial charge is 1.00 e. The summed E-state index contributed by atoms with van der Waals surface area (Å²) in [5.41, 5.74) is 0. The van der Waals surface area contributed by atoms with Gasteiger partial charge in [0, 0.05) is 0 Å². The Kier molecular flexibility index (Phi) is 13.4. The van der Waals surface area contributed by atoms with Gasteiger partial charge in [-0.1, -0.05) is 0 Å². The topological polar surface area (TPSA) is 58.9 Å². The molecule has 0 unspecified atom stereocenters. The van der Waals surface area contributed by atoms with E-state index < -0.39 is 12.1 Å². The Morgan fingerprint density at radius 1 is 1.58 bits per heavy atom. The fourth-order valence-corrected chi connectivity index (χ4v) is 0. The first-order valence-electron chi connectivity index (χ1n) is 2.28. The minimum Gasteiger partial charge on any atom is -0.475 e. The van der Waals surface area contributed by atoms with Crippen LogP contribution in [0.5, 0.6) is 0 Å². The molecule has 0 bridgehead atoms. The van der Waals surface area contributed by atoms with Crippen LogP contribution in [-0.2, 0) is 9.63 Å². The number of carbonyl (C=O) groups is 1. The Bertz CT molecular complexity index is 141. The van der Waals surface area contributed by atoms with Crippen molar-refractivity contribution in [1.82, 2.24) is 0 Å². The molecular weight excluding hydrogens is 189 g/mol. The van der Waals surface area contributed by atoms with Crippen LogP contribution in [0.2, 0.25) is 0 Å². The van der Waals surface area contributed by atoms with Crippen molar-refractivity contribution in [2.24, 2.45) is 5.06 Å². The van der Waals surface area contributed by atoms with Gasteiger partial charge < -0.3 is 15.0 Å². The SMILES string of the molecule is O=C(O)C(F)(F)F.[BH2-]=NOC.[Na+]. The summed E-state index contributed by atoms with van der Waals surface area (Å²) in [7, 11) is 3.10.